The molecule has 1 heterocycles. The Kier molecular flexibility index (Phi) is 9.98. The average molecular weight is 465 g/mol. The van der Waals surface area contributed by atoms with Crippen molar-refractivity contribution in [1.82, 2.24) is 15.5 Å². The molecule has 5 N–H and O–H groups in total. The number of nitrogens with zero attached hydrogens (tertiary/aromatic N) is 1. The summed E-state index contributed by atoms with van der Waals surface area (Å²) in [7, 11) is 0. The summed E-state index contributed by atoms with van der Waals surface area (Å²) in [5.74, 6) is -1.77. The maximum atomic E-state index is 13.3. The lowest BCUT2D eigenvalue weighted by molar-refractivity contribution is -0.144. The summed E-state index contributed by atoms with van der Waals surface area (Å²) in [6.45, 7) is 1.75. The van der Waals surface area contributed by atoms with Crippen LogP contribution in [0.1, 0.15) is 31.7 Å². The van der Waals surface area contributed by atoms with Gasteiger partial charge in [0.1, 0.15) is 18.1 Å². The lowest BCUT2D eigenvalue weighted by Crippen LogP contribution is -2.56. The summed E-state index contributed by atoms with van der Waals surface area (Å²) in [5.41, 5.74) is 7.00. The predicted molar refractivity (Wildman–Crippen MR) is 123 cm³/mol. The molecule has 0 aromatic heterocycles. The van der Waals surface area contributed by atoms with Crippen LogP contribution in [-0.4, -0.2) is 76.4 Å². The van der Waals surface area contributed by atoms with Crippen LogP contribution >= 0.6 is 11.8 Å². The van der Waals surface area contributed by atoms with E-state index in [9.17, 15) is 19.2 Å². The fraction of sp³-hybridized carbons (Fsp3) is 0.545. The molecule has 9 nitrogen and oxygen atoms in total. The van der Waals surface area contributed by atoms with Crippen molar-refractivity contribution in [1.29, 1.82) is 0 Å². The number of hydrogen-bond donors (Lipinski definition) is 4. The van der Waals surface area contributed by atoms with Crippen LogP contribution in [0.15, 0.2) is 30.3 Å². The molecule has 4 unspecified atom stereocenters. The van der Waals surface area contributed by atoms with Crippen molar-refractivity contribution in [3.8, 4) is 0 Å². The first-order valence-electron chi connectivity index (χ1n) is 10.7. The number of carboxylic acids is 1. The summed E-state index contributed by atoms with van der Waals surface area (Å²) in [4.78, 5) is 51.0. The second-order valence-corrected chi connectivity index (χ2v) is 8.88. The molecule has 1 aromatic rings. The average Bonchev–Trinajstić information content (AvgIpc) is 3.26. The topological polar surface area (TPSA) is 142 Å². The van der Waals surface area contributed by atoms with Crippen molar-refractivity contribution in [3.05, 3.63) is 35.9 Å². The van der Waals surface area contributed by atoms with Gasteiger partial charge in [-0.3, -0.25) is 19.2 Å². The number of carbonyl (C=O) groups excluding carboxylic acids is 3. The number of nitrogens with one attached hydrogen (secondary N) is 2. The molecule has 0 aliphatic carbocycles. The first-order chi connectivity index (χ1) is 15.2. The van der Waals surface area contributed by atoms with Crippen LogP contribution in [0.4, 0.5) is 0 Å². The Hall–Kier alpha value is -2.59. The zero-order chi connectivity index (χ0) is 23.7. The molecule has 0 spiro atoms. The highest BCUT2D eigenvalue weighted by Crippen LogP contribution is 2.20. The molecular weight excluding hydrogens is 432 g/mol. The molecule has 1 fully saturated rings. The summed E-state index contributed by atoms with van der Waals surface area (Å²) in [6, 6.07) is 5.97. The molecule has 1 aliphatic rings. The maximum absolute atomic E-state index is 13.3. The number of carboxylic acid groups (broad SMARTS) is 1. The second kappa shape index (κ2) is 12.4. The minimum atomic E-state index is -1.15. The molecule has 0 saturated carbocycles. The molecule has 3 amide bonds. The smallest absolute Gasteiger partial charge is 0.325 e. The number of amides is 3. The summed E-state index contributed by atoms with van der Waals surface area (Å²) < 4.78 is 0. The Balaban J connectivity index is 2.06. The Morgan fingerprint density at radius 2 is 1.91 bits per heavy atom. The molecule has 1 saturated heterocycles. The van der Waals surface area contributed by atoms with Crippen LogP contribution < -0.4 is 16.4 Å². The number of likely N-dealkylation sites (tertiary alicyclic amines) is 1. The van der Waals surface area contributed by atoms with Crippen LogP contribution in [0.5, 0.6) is 0 Å². The lowest BCUT2D eigenvalue weighted by Gasteiger charge is -2.29. The first kappa shape index (κ1) is 25.7. The lowest BCUT2D eigenvalue weighted by atomic mass is 10.1. The standard InChI is InChI=1S/C22H32N4O5S/c1-14(22(30)31)24-20(28)18-9-6-11-26(18)21(29)17(10-12-32-2)25-19(27)16(23)13-15-7-4-3-5-8-15/h3-5,7-8,14,16-18H,6,9-13,23H2,1-2H3,(H,24,28)(H,25,27)(H,30,31). The van der Waals surface area contributed by atoms with Crippen molar-refractivity contribution in [3.63, 3.8) is 0 Å². The third-order valence-electron chi connectivity index (χ3n) is 5.43. The molecule has 0 bridgehead atoms. The van der Waals surface area contributed by atoms with Gasteiger partial charge in [-0.1, -0.05) is 30.3 Å². The minimum Gasteiger partial charge on any atom is -0.480 e. The molecule has 1 aliphatic heterocycles. The van der Waals surface area contributed by atoms with Gasteiger partial charge >= 0.3 is 5.97 Å². The van der Waals surface area contributed by atoms with Gasteiger partial charge in [-0.2, -0.15) is 11.8 Å². The van der Waals surface area contributed by atoms with Crippen LogP contribution in [-0.2, 0) is 25.6 Å². The summed E-state index contributed by atoms with van der Waals surface area (Å²) in [6.07, 6.45) is 3.73. The van der Waals surface area contributed by atoms with Gasteiger partial charge in [-0.25, -0.2) is 0 Å². The van der Waals surface area contributed by atoms with E-state index in [0.29, 0.717) is 38.0 Å². The zero-order valence-corrected chi connectivity index (χ0v) is 19.3. The van der Waals surface area contributed by atoms with Crippen molar-refractivity contribution >= 4 is 35.5 Å². The number of carbonyl (C=O) groups is 4. The van der Waals surface area contributed by atoms with Gasteiger partial charge in [-0.15, -0.1) is 0 Å². The van der Waals surface area contributed by atoms with E-state index < -0.39 is 42.0 Å². The van der Waals surface area contributed by atoms with Crippen LogP contribution in [0.3, 0.4) is 0 Å². The largest absolute Gasteiger partial charge is 0.480 e. The Bertz CT molecular complexity index is 807. The predicted octanol–water partition coefficient (Wildman–Crippen LogP) is 0.375. The fourth-order valence-electron chi connectivity index (χ4n) is 3.61. The molecule has 4 atom stereocenters. The quantitative estimate of drug-likeness (QED) is 0.371. The van der Waals surface area contributed by atoms with Crippen molar-refractivity contribution < 1.29 is 24.3 Å². The van der Waals surface area contributed by atoms with E-state index in [-0.39, 0.29) is 5.91 Å². The van der Waals surface area contributed by atoms with Crippen LogP contribution in [0, 0.1) is 0 Å². The van der Waals surface area contributed by atoms with E-state index in [2.05, 4.69) is 10.6 Å². The van der Waals surface area contributed by atoms with Gasteiger partial charge in [0, 0.05) is 6.54 Å². The summed E-state index contributed by atoms with van der Waals surface area (Å²) >= 11 is 1.55. The summed E-state index contributed by atoms with van der Waals surface area (Å²) in [5, 5.41) is 14.2. The molecule has 10 heteroatoms. The monoisotopic (exact) mass is 464 g/mol. The number of thioether (sulfide) groups is 1. The fourth-order valence-corrected chi connectivity index (χ4v) is 4.08. The van der Waals surface area contributed by atoms with Gasteiger partial charge in [0.2, 0.25) is 17.7 Å². The van der Waals surface area contributed by atoms with Gasteiger partial charge in [0.05, 0.1) is 6.04 Å². The zero-order valence-electron chi connectivity index (χ0n) is 18.5. The molecule has 32 heavy (non-hydrogen) atoms. The molecule has 0 radical (unpaired) electrons. The molecule has 2 rings (SSSR count). The number of benzene rings is 1. The van der Waals surface area contributed by atoms with Crippen LogP contribution in [0.25, 0.3) is 0 Å². The highest BCUT2D eigenvalue weighted by Gasteiger charge is 2.38. The van der Waals surface area contributed by atoms with Gasteiger partial charge in [0.15, 0.2) is 0 Å². The Labute approximate surface area is 192 Å². The van der Waals surface area contributed by atoms with Gasteiger partial charge in [-0.05, 0) is 50.2 Å². The third kappa shape index (κ3) is 7.23. The number of nitrogens with two attached hydrogens (primary N) is 1. The minimum absolute atomic E-state index is 0.345. The number of hydrogen-bond acceptors (Lipinski definition) is 6. The second-order valence-electron chi connectivity index (χ2n) is 7.90. The molecular formula is C22H32N4O5S. The highest BCUT2D eigenvalue weighted by molar-refractivity contribution is 7.98. The number of rotatable bonds is 11. The van der Waals surface area contributed by atoms with E-state index in [1.165, 1.54) is 11.8 Å². The third-order valence-corrected chi connectivity index (χ3v) is 6.07. The van der Waals surface area contributed by atoms with E-state index in [0.717, 1.165) is 5.56 Å². The van der Waals surface area contributed by atoms with Gasteiger partial charge in [0.25, 0.3) is 0 Å². The van der Waals surface area contributed by atoms with E-state index >= 15 is 0 Å². The first-order valence-corrected chi connectivity index (χ1v) is 12.1. The van der Waals surface area contributed by atoms with Crippen molar-refractivity contribution in [2.45, 2.75) is 56.8 Å². The van der Waals surface area contributed by atoms with Crippen molar-refractivity contribution in [2.75, 3.05) is 18.6 Å². The van der Waals surface area contributed by atoms with E-state index in [1.807, 2.05) is 36.6 Å². The Morgan fingerprint density at radius 3 is 2.53 bits per heavy atom. The van der Waals surface area contributed by atoms with E-state index in [1.54, 1.807) is 11.8 Å². The highest BCUT2D eigenvalue weighted by atomic mass is 32.2. The van der Waals surface area contributed by atoms with Crippen LogP contribution in [0.2, 0.25) is 0 Å². The normalized spacial score (nSPS) is 18.5. The van der Waals surface area contributed by atoms with Crippen molar-refractivity contribution in [2.24, 2.45) is 5.73 Å². The van der Waals surface area contributed by atoms with Gasteiger partial charge < -0.3 is 26.4 Å². The number of aliphatic carboxylic acids is 1. The molecule has 1 aromatic carbocycles. The molecule has 176 valence electrons. The Morgan fingerprint density at radius 1 is 1.22 bits per heavy atom. The van der Waals surface area contributed by atoms with E-state index in [4.69, 9.17) is 10.8 Å². The SMILES string of the molecule is CSCCC(NC(=O)C(N)Cc1ccccc1)C(=O)N1CCCC1C(=O)NC(C)C(=O)O. The maximum Gasteiger partial charge on any atom is 0.325 e.